The van der Waals surface area contributed by atoms with Crippen molar-refractivity contribution in [3.05, 3.63) is 77.4 Å². The molecule has 0 saturated carbocycles. The van der Waals surface area contributed by atoms with Crippen molar-refractivity contribution in [2.75, 3.05) is 76.5 Å². The van der Waals surface area contributed by atoms with Gasteiger partial charge < -0.3 is 35.2 Å². The van der Waals surface area contributed by atoms with Crippen LogP contribution < -0.4 is 25.4 Å². The summed E-state index contributed by atoms with van der Waals surface area (Å²) in [5.41, 5.74) is 8.23. The summed E-state index contributed by atoms with van der Waals surface area (Å²) >= 11 is 0. The number of aryl methyl sites for hydroxylation is 1. The quantitative estimate of drug-likeness (QED) is 0.182. The van der Waals surface area contributed by atoms with Crippen molar-refractivity contribution in [2.24, 2.45) is 5.73 Å². The molecule has 3 aromatic rings. The third-order valence-corrected chi connectivity index (χ3v) is 10.0. The second kappa shape index (κ2) is 21.6. The van der Waals surface area contributed by atoms with Gasteiger partial charge in [-0.05, 0) is 94.2 Å². The number of hydrogen-bond acceptors (Lipinski definition) is 8. The third-order valence-electron chi connectivity index (χ3n) is 8.54. The van der Waals surface area contributed by atoms with E-state index in [0.29, 0.717) is 70.6 Å². The average molecular weight is 765 g/mol. The van der Waals surface area contributed by atoms with E-state index < -0.39 is 16.7 Å². The van der Waals surface area contributed by atoms with Gasteiger partial charge in [-0.15, -0.1) is 24.8 Å². The van der Waals surface area contributed by atoms with Crippen LogP contribution in [0.5, 0.6) is 11.5 Å². The maximum absolute atomic E-state index is 13.7. The van der Waals surface area contributed by atoms with E-state index in [2.05, 4.69) is 17.3 Å². The number of nitrogens with zero attached hydrogens (tertiary/aromatic N) is 3. The molecule has 0 radical (unpaired) electrons. The molecular formula is C37H51Cl2N5O6S. The molecule has 14 heteroatoms. The lowest BCUT2D eigenvalue weighted by atomic mass is 10.1. The lowest BCUT2D eigenvalue weighted by Crippen LogP contribution is -2.47. The number of rotatable bonds is 16. The Kier molecular flexibility index (Phi) is 18.4. The van der Waals surface area contributed by atoms with Crippen LogP contribution in [0.2, 0.25) is 0 Å². The maximum Gasteiger partial charge on any atom is 0.258 e. The van der Waals surface area contributed by atoms with Gasteiger partial charge in [-0.3, -0.25) is 18.6 Å². The molecule has 3 aromatic carbocycles. The first kappa shape index (κ1) is 43.5. The first-order valence-electron chi connectivity index (χ1n) is 16.8. The largest absolute Gasteiger partial charge is 0.495 e. The highest BCUT2D eigenvalue weighted by atomic mass is 35.5. The molecule has 11 nitrogen and oxygen atoms in total. The monoisotopic (exact) mass is 763 g/mol. The second-order valence-electron chi connectivity index (χ2n) is 12.2. The lowest BCUT2D eigenvalue weighted by molar-refractivity contribution is -0.132. The number of nitrogens with two attached hydrogens (primary N) is 1. The fraction of sp³-hybridized carbons (Fsp3) is 0.432. The number of likely N-dealkylation sites (N-methyl/N-ethyl adjacent to an activating group) is 1. The molecule has 1 fully saturated rings. The van der Waals surface area contributed by atoms with E-state index in [-0.39, 0.29) is 36.6 Å². The van der Waals surface area contributed by atoms with Crippen molar-refractivity contribution in [1.82, 2.24) is 9.80 Å². The van der Waals surface area contributed by atoms with Gasteiger partial charge >= 0.3 is 0 Å². The summed E-state index contributed by atoms with van der Waals surface area (Å²) in [5.74, 6) is 0.770. The van der Waals surface area contributed by atoms with E-state index in [1.54, 1.807) is 49.5 Å². The van der Waals surface area contributed by atoms with E-state index in [4.69, 9.17) is 15.2 Å². The van der Waals surface area contributed by atoms with Gasteiger partial charge in [0.1, 0.15) is 11.5 Å². The lowest BCUT2D eigenvalue weighted by Gasteiger charge is -2.32. The number of benzene rings is 3. The van der Waals surface area contributed by atoms with Gasteiger partial charge in [-0.25, -0.2) is 0 Å². The zero-order valence-electron chi connectivity index (χ0n) is 29.9. The minimum atomic E-state index is -1.37. The number of hydrogen-bond donors (Lipinski definition) is 2. The molecule has 1 aliphatic heterocycles. The number of amides is 3. The van der Waals surface area contributed by atoms with E-state index >= 15 is 0 Å². The normalized spacial score (nSPS) is 13.3. The van der Waals surface area contributed by atoms with Crippen LogP contribution >= 0.6 is 24.8 Å². The number of ether oxygens (including phenoxy) is 2. The van der Waals surface area contributed by atoms with Gasteiger partial charge in [-0.1, -0.05) is 18.2 Å². The zero-order valence-corrected chi connectivity index (χ0v) is 32.3. The summed E-state index contributed by atoms with van der Waals surface area (Å²) in [6.45, 7) is 6.28. The first-order chi connectivity index (χ1) is 23.6. The predicted octanol–water partition coefficient (Wildman–Crippen LogP) is 5.55. The summed E-state index contributed by atoms with van der Waals surface area (Å²) in [7, 11) is 3.86. The van der Waals surface area contributed by atoms with E-state index in [1.165, 1.54) is 12.0 Å². The number of nitrogens with one attached hydrogen (secondary N) is 1. The first-order valence-corrected chi connectivity index (χ1v) is 18.1. The molecule has 1 saturated heterocycles. The number of carbonyl (C=O) groups is 3. The van der Waals surface area contributed by atoms with E-state index in [0.717, 1.165) is 51.0 Å². The minimum Gasteiger partial charge on any atom is -0.495 e. The molecule has 4 rings (SSSR count). The Morgan fingerprint density at radius 1 is 0.922 bits per heavy atom. The van der Waals surface area contributed by atoms with Crippen LogP contribution in [0.4, 0.5) is 11.4 Å². The number of anilines is 2. The molecule has 0 aromatic heterocycles. The Morgan fingerprint density at radius 3 is 2.35 bits per heavy atom. The van der Waals surface area contributed by atoms with Crippen molar-refractivity contribution in [1.29, 1.82) is 0 Å². The van der Waals surface area contributed by atoms with Crippen LogP contribution in [0.1, 0.15) is 58.4 Å². The van der Waals surface area contributed by atoms with Crippen LogP contribution in [0.15, 0.2) is 65.6 Å². The van der Waals surface area contributed by atoms with Crippen LogP contribution in [0.3, 0.4) is 0 Å². The highest BCUT2D eigenvalue weighted by Crippen LogP contribution is 2.32. The second-order valence-corrected chi connectivity index (χ2v) is 13.8. The summed E-state index contributed by atoms with van der Waals surface area (Å²) in [6.07, 6.45) is 3.60. The van der Waals surface area contributed by atoms with Crippen LogP contribution in [0.25, 0.3) is 0 Å². The molecule has 3 amide bonds. The molecule has 1 atom stereocenters. The fourth-order valence-corrected chi connectivity index (χ4v) is 6.85. The van der Waals surface area contributed by atoms with Crippen LogP contribution in [0, 0.1) is 6.92 Å². The maximum atomic E-state index is 13.7. The number of unbranched alkanes of at least 4 members (excludes halogenated alkanes) is 2. The predicted molar refractivity (Wildman–Crippen MR) is 209 cm³/mol. The Balaban J connectivity index is 0.00000451. The highest BCUT2D eigenvalue weighted by Gasteiger charge is 2.22. The summed E-state index contributed by atoms with van der Waals surface area (Å²) in [6, 6.07) is 17.3. The van der Waals surface area contributed by atoms with Gasteiger partial charge in [-0.2, -0.15) is 0 Å². The Morgan fingerprint density at radius 2 is 1.65 bits per heavy atom. The minimum absolute atomic E-state index is 0. The molecule has 3 N–H and O–H groups in total. The van der Waals surface area contributed by atoms with E-state index in [1.807, 2.05) is 30.0 Å². The van der Waals surface area contributed by atoms with Crippen molar-refractivity contribution < 1.29 is 28.1 Å². The van der Waals surface area contributed by atoms with Gasteiger partial charge in [0.25, 0.3) is 11.8 Å². The van der Waals surface area contributed by atoms with E-state index in [9.17, 15) is 18.6 Å². The van der Waals surface area contributed by atoms with Gasteiger partial charge in [0.05, 0.1) is 46.3 Å². The van der Waals surface area contributed by atoms with Crippen LogP contribution in [-0.4, -0.2) is 98.0 Å². The van der Waals surface area contributed by atoms with Crippen molar-refractivity contribution in [3.8, 4) is 11.5 Å². The summed E-state index contributed by atoms with van der Waals surface area (Å²) < 4.78 is 24.5. The smallest absolute Gasteiger partial charge is 0.258 e. The number of piperazine rings is 1. The Labute approximate surface area is 316 Å². The number of halogens is 2. The molecular weight excluding hydrogens is 713 g/mol. The highest BCUT2D eigenvalue weighted by molar-refractivity contribution is 7.85. The summed E-state index contributed by atoms with van der Waals surface area (Å²) in [5, 5.41) is 2.84. The molecule has 0 aliphatic carbocycles. The van der Waals surface area contributed by atoms with Crippen molar-refractivity contribution in [2.45, 2.75) is 43.9 Å². The fourth-order valence-electron chi connectivity index (χ4n) is 5.56. The Bertz CT molecular complexity index is 1640. The zero-order chi connectivity index (χ0) is 35.3. The van der Waals surface area contributed by atoms with Crippen LogP contribution in [-0.2, 0) is 15.6 Å². The standard InChI is InChI=1S/C37H49N5O6S.2ClH/c1-27-14-17-31(33(25-27)48-23-9-5-6-13-35(43)42-21-19-40(2)20-22-42)41(3)37(45)28-15-16-30(32(26-28)47-4)39-36(44)29-11-7-8-12-34(29)49(46)24-10-18-38;;/h7-8,11-12,14-17,25-26H,5-6,9-10,13,18-24,38H2,1-4H3,(H,39,44);2*1H. The molecule has 1 unspecified atom stereocenters. The average Bonchev–Trinajstić information content (AvgIpc) is 3.11. The third kappa shape index (κ3) is 12.2. The van der Waals surface area contributed by atoms with Gasteiger partial charge in [0.2, 0.25) is 5.91 Å². The van der Waals surface area contributed by atoms with Gasteiger partial charge in [0.15, 0.2) is 0 Å². The van der Waals surface area contributed by atoms with Gasteiger partial charge in [0, 0.05) is 51.0 Å². The topological polar surface area (TPSA) is 135 Å². The van der Waals surface area contributed by atoms with Crippen molar-refractivity contribution in [3.63, 3.8) is 0 Å². The summed E-state index contributed by atoms with van der Waals surface area (Å²) in [4.78, 5) is 45.6. The molecule has 1 aliphatic rings. The molecule has 0 bridgehead atoms. The molecule has 51 heavy (non-hydrogen) atoms. The SMILES string of the molecule is COc1cc(C(=O)N(C)c2ccc(C)cc2OCCCCCC(=O)N2CCN(C)CC2)ccc1NC(=O)c1ccccc1S(=O)CCCN.Cl.Cl. The number of methoxy groups -OCH3 is 1. The molecule has 280 valence electrons. The molecule has 0 spiro atoms. The number of carbonyl (C=O) groups excluding carboxylic acids is 3. The molecule has 1 heterocycles. The van der Waals surface area contributed by atoms with Crippen molar-refractivity contribution >= 4 is 64.7 Å². The Hall–Kier alpha value is -3.68.